The maximum atomic E-state index is 13.7. The monoisotopic (exact) mass is 464 g/mol. The number of halogens is 2. The molecule has 4 rings (SSSR count). The van der Waals surface area contributed by atoms with Gasteiger partial charge in [0.2, 0.25) is 0 Å². The van der Waals surface area contributed by atoms with E-state index in [-0.39, 0.29) is 11.7 Å². The molecule has 1 unspecified atom stereocenters. The third-order valence-corrected chi connectivity index (χ3v) is 5.75. The van der Waals surface area contributed by atoms with E-state index in [1.54, 1.807) is 25.1 Å². The molecule has 28 heavy (non-hydrogen) atoms. The van der Waals surface area contributed by atoms with Gasteiger partial charge >= 0.3 is 0 Å². The molecule has 2 heterocycles. The Kier molecular flexibility index (Phi) is 4.96. The van der Waals surface area contributed by atoms with Crippen molar-refractivity contribution in [1.82, 2.24) is 15.4 Å². The molecule has 1 amide bonds. The van der Waals surface area contributed by atoms with Crippen LogP contribution >= 0.6 is 28.1 Å². The molecule has 1 aliphatic carbocycles. The number of nitrogens with zero attached hydrogens (tertiary/aromatic N) is 2. The van der Waals surface area contributed by atoms with Crippen molar-refractivity contribution < 1.29 is 13.7 Å². The van der Waals surface area contributed by atoms with Crippen LogP contribution < -0.4 is 10.6 Å². The molecule has 146 valence electrons. The fourth-order valence-corrected chi connectivity index (χ4v) is 4.18. The Morgan fingerprint density at radius 2 is 2.14 bits per heavy atom. The molecular formula is C19H18BrFN4O2S. The summed E-state index contributed by atoms with van der Waals surface area (Å²) in [4.78, 5) is 15.2. The number of rotatable bonds is 4. The summed E-state index contributed by atoms with van der Waals surface area (Å²) in [6.07, 6.45) is 2.06. The van der Waals surface area contributed by atoms with Gasteiger partial charge in [0.1, 0.15) is 11.6 Å². The van der Waals surface area contributed by atoms with E-state index in [0.717, 1.165) is 24.1 Å². The van der Waals surface area contributed by atoms with E-state index in [1.807, 2.05) is 11.8 Å². The van der Waals surface area contributed by atoms with Crippen molar-refractivity contribution in [3.05, 3.63) is 57.1 Å². The standard InChI is InChI=1S/C19H18BrFN4O2S/c1-9-7-15(24-27-9)22-18(26)16-10(2)25(12-4-5-12)19(28)23-17(16)11-3-6-14(21)13(20)8-11/h3,6-8,12,17H,4-5H2,1-2H3,(H,23,28)(H,22,24,26). The predicted molar refractivity (Wildman–Crippen MR) is 110 cm³/mol. The van der Waals surface area contributed by atoms with Gasteiger partial charge in [-0.3, -0.25) is 4.79 Å². The minimum atomic E-state index is -0.507. The normalized spacial score (nSPS) is 19.6. The van der Waals surface area contributed by atoms with Crippen LogP contribution in [0.2, 0.25) is 0 Å². The summed E-state index contributed by atoms with van der Waals surface area (Å²) >= 11 is 8.78. The van der Waals surface area contributed by atoms with Crippen molar-refractivity contribution in [3.8, 4) is 0 Å². The summed E-state index contributed by atoms with van der Waals surface area (Å²) in [6, 6.07) is 6.11. The molecule has 0 radical (unpaired) electrons. The Bertz CT molecular complexity index is 1000. The number of aromatic nitrogens is 1. The van der Waals surface area contributed by atoms with Crippen LogP contribution in [0.15, 0.2) is 44.5 Å². The molecule has 1 saturated carbocycles. The van der Waals surface area contributed by atoms with Crippen molar-refractivity contribution in [2.45, 2.75) is 38.8 Å². The lowest BCUT2D eigenvalue weighted by atomic mass is 9.94. The highest BCUT2D eigenvalue weighted by Gasteiger charge is 2.40. The highest BCUT2D eigenvalue weighted by atomic mass is 79.9. The van der Waals surface area contributed by atoms with Crippen LogP contribution in [0.5, 0.6) is 0 Å². The number of benzene rings is 1. The SMILES string of the molecule is CC1=C(C(=O)Nc2cc(C)on2)C(c2ccc(F)c(Br)c2)NC(=S)N1C1CC1. The third kappa shape index (κ3) is 3.56. The lowest BCUT2D eigenvalue weighted by Gasteiger charge is -2.38. The first-order chi connectivity index (χ1) is 13.3. The van der Waals surface area contributed by atoms with Gasteiger partial charge in [-0.25, -0.2) is 4.39 Å². The Morgan fingerprint density at radius 1 is 1.39 bits per heavy atom. The first-order valence-electron chi connectivity index (χ1n) is 8.85. The number of allylic oxidation sites excluding steroid dienone is 1. The van der Waals surface area contributed by atoms with E-state index in [2.05, 4.69) is 31.7 Å². The van der Waals surface area contributed by atoms with E-state index < -0.39 is 6.04 Å². The zero-order valence-electron chi connectivity index (χ0n) is 15.3. The van der Waals surface area contributed by atoms with Crippen molar-refractivity contribution in [1.29, 1.82) is 0 Å². The average Bonchev–Trinajstić information content (AvgIpc) is 3.38. The number of aryl methyl sites for hydroxylation is 1. The third-order valence-electron chi connectivity index (χ3n) is 4.83. The lowest BCUT2D eigenvalue weighted by Crippen LogP contribution is -2.49. The van der Waals surface area contributed by atoms with E-state index >= 15 is 0 Å². The number of anilines is 1. The molecule has 2 aliphatic rings. The summed E-state index contributed by atoms with van der Waals surface area (Å²) < 4.78 is 19.1. The van der Waals surface area contributed by atoms with Gasteiger partial charge in [0.25, 0.3) is 5.91 Å². The zero-order valence-corrected chi connectivity index (χ0v) is 17.7. The lowest BCUT2D eigenvalue weighted by molar-refractivity contribution is -0.113. The van der Waals surface area contributed by atoms with Gasteiger partial charge in [-0.2, -0.15) is 0 Å². The summed E-state index contributed by atoms with van der Waals surface area (Å²) in [5.41, 5.74) is 2.03. The van der Waals surface area contributed by atoms with E-state index in [9.17, 15) is 9.18 Å². The van der Waals surface area contributed by atoms with Gasteiger partial charge in [-0.05, 0) is 72.5 Å². The van der Waals surface area contributed by atoms with E-state index in [0.29, 0.717) is 32.8 Å². The predicted octanol–water partition coefficient (Wildman–Crippen LogP) is 4.19. The van der Waals surface area contributed by atoms with Crippen molar-refractivity contribution >= 4 is 45.0 Å². The number of thiocarbonyl (C=S) groups is 1. The quantitative estimate of drug-likeness (QED) is 0.661. The van der Waals surface area contributed by atoms with Gasteiger partial charge < -0.3 is 20.1 Å². The second-order valence-corrected chi connectivity index (χ2v) is 8.17. The molecule has 6 nitrogen and oxygen atoms in total. The van der Waals surface area contributed by atoms with E-state index in [1.165, 1.54) is 6.07 Å². The molecule has 1 aliphatic heterocycles. The van der Waals surface area contributed by atoms with Crippen LogP contribution in [0.3, 0.4) is 0 Å². The van der Waals surface area contributed by atoms with Crippen LogP contribution in [0.4, 0.5) is 10.2 Å². The summed E-state index contributed by atoms with van der Waals surface area (Å²) in [6.45, 7) is 3.64. The fourth-order valence-electron chi connectivity index (χ4n) is 3.37. The Morgan fingerprint density at radius 3 is 2.75 bits per heavy atom. The van der Waals surface area contributed by atoms with Crippen LogP contribution in [0.1, 0.15) is 37.1 Å². The zero-order chi connectivity index (χ0) is 20.0. The minimum Gasteiger partial charge on any atom is -0.360 e. The van der Waals surface area contributed by atoms with Crippen LogP contribution in [-0.4, -0.2) is 27.1 Å². The highest BCUT2D eigenvalue weighted by Crippen LogP contribution is 2.38. The molecule has 0 bridgehead atoms. The van der Waals surface area contributed by atoms with Crippen molar-refractivity contribution in [2.75, 3.05) is 5.32 Å². The largest absolute Gasteiger partial charge is 0.360 e. The molecule has 1 aromatic carbocycles. The summed E-state index contributed by atoms with van der Waals surface area (Å²) in [5.74, 6) is 0.263. The second-order valence-electron chi connectivity index (χ2n) is 6.93. The number of carbonyl (C=O) groups excluding carboxylic acids is 1. The molecular weight excluding hydrogens is 447 g/mol. The minimum absolute atomic E-state index is 0.304. The molecule has 1 fully saturated rings. The molecule has 0 spiro atoms. The first-order valence-corrected chi connectivity index (χ1v) is 10.1. The van der Waals surface area contributed by atoms with Crippen molar-refractivity contribution in [2.24, 2.45) is 0 Å². The molecule has 2 aromatic rings. The first kappa shape index (κ1) is 19.1. The van der Waals surface area contributed by atoms with Crippen LogP contribution in [-0.2, 0) is 4.79 Å². The molecule has 9 heteroatoms. The summed E-state index contributed by atoms with van der Waals surface area (Å²) in [7, 11) is 0. The smallest absolute Gasteiger partial charge is 0.257 e. The van der Waals surface area contributed by atoms with E-state index in [4.69, 9.17) is 16.7 Å². The van der Waals surface area contributed by atoms with Gasteiger partial charge in [0, 0.05) is 17.8 Å². The van der Waals surface area contributed by atoms with Crippen LogP contribution in [0, 0.1) is 12.7 Å². The summed E-state index contributed by atoms with van der Waals surface area (Å²) in [5, 5.41) is 10.4. The highest BCUT2D eigenvalue weighted by molar-refractivity contribution is 9.10. The second kappa shape index (κ2) is 7.29. The van der Waals surface area contributed by atoms with Gasteiger partial charge in [0.05, 0.1) is 16.1 Å². The number of carbonyl (C=O) groups is 1. The number of nitrogens with one attached hydrogen (secondary N) is 2. The maximum absolute atomic E-state index is 13.7. The molecule has 1 atom stereocenters. The average molecular weight is 465 g/mol. The van der Waals surface area contributed by atoms with Gasteiger partial charge in [-0.1, -0.05) is 11.2 Å². The molecule has 2 N–H and O–H groups in total. The Labute approximate surface area is 175 Å². The van der Waals surface area contributed by atoms with Crippen molar-refractivity contribution in [3.63, 3.8) is 0 Å². The van der Waals surface area contributed by atoms with Gasteiger partial charge in [0.15, 0.2) is 10.9 Å². The van der Waals surface area contributed by atoms with Gasteiger partial charge in [-0.15, -0.1) is 0 Å². The fraction of sp³-hybridized carbons (Fsp3) is 0.316. The topological polar surface area (TPSA) is 70.4 Å². The number of hydrogen-bond donors (Lipinski definition) is 2. The molecule has 1 aromatic heterocycles. The Balaban J connectivity index is 1.75. The number of amides is 1. The molecule has 0 saturated heterocycles. The van der Waals surface area contributed by atoms with Crippen LogP contribution in [0.25, 0.3) is 0 Å². The maximum Gasteiger partial charge on any atom is 0.257 e. The number of hydrogen-bond acceptors (Lipinski definition) is 4. The Hall–Kier alpha value is -2.26.